The highest BCUT2D eigenvalue weighted by Crippen LogP contribution is 2.24. The lowest BCUT2D eigenvalue weighted by Crippen LogP contribution is -2.54. The van der Waals surface area contributed by atoms with Gasteiger partial charge in [-0.15, -0.1) is 0 Å². The monoisotopic (exact) mass is 605 g/mol. The van der Waals surface area contributed by atoms with Crippen LogP contribution in [0.15, 0.2) is 48.5 Å². The van der Waals surface area contributed by atoms with Crippen molar-refractivity contribution in [2.24, 2.45) is 0 Å². The van der Waals surface area contributed by atoms with Crippen LogP contribution in [0.1, 0.15) is 60.9 Å². The Hall–Kier alpha value is -4.12. The van der Waals surface area contributed by atoms with Crippen LogP contribution in [0.25, 0.3) is 0 Å². The average Bonchev–Trinajstić information content (AvgIpc) is 3.72. The molecule has 2 aromatic carbocycles. The molecule has 236 valence electrons. The number of hydrogen-bond acceptors (Lipinski definition) is 7. The summed E-state index contributed by atoms with van der Waals surface area (Å²) in [4.78, 5) is 58.3. The number of hydrogen-bond donors (Lipinski definition) is 4. The van der Waals surface area contributed by atoms with Gasteiger partial charge in [0.1, 0.15) is 30.2 Å². The number of phenols is 1. The van der Waals surface area contributed by atoms with Crippen molar-refractivity contribution >= 4 is 23.6 Å². The minimum atomic E-state index is -1.15. The summed E-state index contributed by atoms with van der Waals surface area (Å²) >= 11 is 0. The molecular weight excluding hydrogens is 562 g/mol. The number of ether oxygens (including phenoxy) is 1. The van der Waals surface area contributed by atoms with Gasteiger partial charge in [0.2, 0.25) is 17.7 Å². The van der Waals surface area contributed by atoms with Crippen LogP contribution in [0, 0.1) is 0 Å². The number of likely N-dealkylation sites (tertiary alicyclic amines) is 1. The fourth-order valence-electron chi connectivity index (χ4n) is 6.22. The Morgan fingerprint density at radius 1 is 0.955 bits per heavy atom. The number of unbranched alkanes of at least 4 members (excludes halogenated alkanes) is 1. The Morgan fingerprint density at radius 2 is 1.73 bits per heavy atom. The van der Waals surface area contributed by atoms with Crippen molar-refractivity contribution in [2.75, 3.05) is 39.3 Å². The van der Waals surface area contributed by atoms with E-state index in [1.807, 2.05) is 0 Å². The Morgan fingerprint density at radius 3 is 2.52 bits per heavy atom. The van der Waals surface area contributed by atoms with Gasteiger partial charge in [-0.25, -0.2) is 0 Å². The number of carbonyl (C=O) groups is 4. The van der Waals surface area contributed by atoms with Crippen molar-refractivity contribution in [1.82, 2.24) is 25.8 Å². The smallest absolute Gasteiger partial charge is 0.255 e. The van der Waals surface area contributed by atoms with E-state index in [-0.39, 0.29) is 42.7 Å². The molecule has 0 bridgehead atoms. The molecule has 11 nitrogen and oxygen atoms in total. The zero-order valence-electron chi connectivity index (χ0n) is 25.1. The highest BCUT2D eigenvalue weighted by molar-refractivity contribution is 6.01. The molecule has 0 radical (unpaired) electrons. The maximum atomic E-state index is 13.9. The Labute approximate surface area is 258 Å². The van der Waals surface area contributed by atoms with E-state index in [2.05, 4.69) is 20.9 Å². The molecule has 4 amide bonds. The number of benzene rings is 2. The highest BCUT2D eigenvalue weighted by atomic mass is 16.5. The summed E-state index contributed by atoms with van der Waals surface area (Å²) in [5, 5.41) is 18.2. The van der Waals surface area contributed by atoms with Gasteiger partial charge >= 0.3 is 0 Å². The van der Waals surface area contributed by atoms with Crippen LogP contribution >= 0.6 is 0 Å². The molecule has 2 fully saturated rings. The maximum absolute atomic E-state index is 13.9. The molecule has 0 saturated carbocycles. The van der Waals surface area contributed by atoms with Gasteiger partial charge in [0.15, 0.2) is 0 Å². The Balaban J connectivity index is 1.33. The zero-order chi connectivity index (χ0) is 30.9. The van der Waals surface area contributed by atoms with Gasteiger partial charge in [-0.05, 0) is 88.0 Å². The molecule has 5 rings (SSSR count). The average molecular weight is 606 g/mol. The summed E-state index contributed by atoms with van der Waals surface area (Å²) in [5.74, 6) is -1.26. The first-order valence-electron chi connectivity index (χ1n) is 15.8. The van der Waals surface area contributed by atoms with Crippen LogP contribution < -0.4 is 20.7 Å². The zero-order valence-corrected chi connectivity index (χ0v) is 25.1. The van der Waals surface area contributed by atoms with Crippen molar-refractivity contribution < 1.29 is 29.0 Å². The molecule has 4 N–H and O–H groups in total. The quantitative estimate of drug-likeness (QED) is 0.338. The van der Waals surface area contributed by atoms with Crippen LogP contribution in [0.2, 0.25) is 0 Å². The predicted octanol–water partition coefficient (Wildman–Crippen LogP) is 1.98. The number of para-hydroxylation sites is 1. The molecule has 44 heavy (non-hydrogen) atoms. The minimum Gasteiger partial charge on any atom is -0.508 e. The van der Waals surface area contributed by atoms with Crippen LogP contribution in [-0.2, 0) is 20.8 Å². The lowest BCUT2D eigenvalue weighted by Gasteiger charge is -2.30. The third-order valence-corrected chi connectivity index (χ3v) is 8.64. The van der Waals surface area contributed by atoms with E-state index in [1.165, 1.54) is 25.0 Å². The molecule has 0 spiro atoms. The maximum Gasteiger partial charge on any atom is 0.255 e. The first-order chi connectivity index (χ1) is 21.4. The van der Waals surface area contributed by atoms with Gasteiger partial charge in [0, 0.05) is 19.5 Å². The van der Waals surface area contributed by atoms with E-state index in [9.17, 15) is 24.3 Å². The Kier molecular flexibility index (Phi) is 10.7. The van der Waals surface area contributed by atoms with E-state index in [0.717, 1.165) is 50.9 Å². The summed E-state index contributed by atoms with van der Waals surface area (Å²) in [6, 6.07) is 11.0. The number of phenolic OH excluding ortho intramolecular Hbond substituents is 1. The number of amides is 4. The van der Waals surface area contributed by atoms with Crippen LogP contribution in [0.4, 0.5) is 0 Å². The number of aromatic hydroxyl groups is 1. The standard InChI is InChI=1S/C33H43N5O6/c39-25-13-11-23(12-14-25)20-28-33(43)38-19-7-8-24(38)22-44-29-10-2-1-9-26(29)31(41)36-27(21-30(40)35-28)32(42)34-15-3-4-16-37-17-5-6-18-37/h1-2,9-14,24,27-28,39H,3-8,15-22H2,(H,34,42)(H,35,40)(H,36,41)/t24-,27+,28+/m1/s1. The van der Waals surface area contributed by atoms with Crippen molar-refractivity contribution in [3.63, 3.8) is 0 Å². The van der Waals surface area contributed by atoms with Gasteiger partial charge in [-0.3, -0.25) is 19.2 Å². The number of nitrogens with zero attached hydrogens (tertiary/aromatic N) is 2. The van der Waals surface area contributed by atoms with Crippen molar-refractivity contribution in [3.05, 3.63) is 59.7 Å². The highest BCUT2D eigenvalue weighted by Gasteiger charge is 2.36. The molecule has 3 aliphatic rings. The summed E-state index contributed by atoms with van der Waals surface area (Å²) < 4.78 is 6.11. The number of fused-ring (bicyclic) bond motifs is 2. The van der Waals surface area contributed by atoms with E-state index in [4.69, 9.17) is 4.74 Å². The van der Waals surface area contributed by atoms with E-state index in [0.29, 0.717) is 18.8 Å². The number of rotatable bonds is 8. The molecule has 0 aliphatic carbocycles. The normalized spacial score (nSPS) is 23.1. The lowest BCUT2D eigenvalue weighted by molar-refractivity contribution is -0.138. The summed E-state index contributed by atoms with van der Waals surface area (Å²) in [6.45, 7) is 4.38. The molecular formula is C33H43N5O6. The molecule has 2 saturated heterocycles. The summed E-state index contributed by atoms with van der Waals surface area (Å²) in [5.41, 5.74) is 1.02. The van der Waals surface area contributed by atoms with E-state index >= 15 is 0 Å². The molecule has 3 atom stereocenters. The van der Waals surface area contributed by atoms with E-state index < -0.39 is 29.8 Å². The minimum absolute atomic E-state index is 0.104. The number of carbonyl (C=O) groups excluding carboxylic acids is 4. The predicted molar refractivity (Wildman–Crippen MR) is 164 cm³/mol. The molecule has 11 heteroatoms. The van der Waals surface area contributed by atoms with Gasteiger partial charge in [0.05, 0.1) is 18.0 Å². The van der Waals surface area contributed by atoms with E-state index in [1.54, 1.807) is 41.3 Å². The fraction of sp³-hybridized carbons (Fsp3) is 0.515. The lowest BCUT2D eigenvalue weighted by atomic mass is 10.0. The molecule has 3 heterocycles. The summed E-state index contributed by atoms with van der Waals surface area (Å²) in [6.07, 6.45) is 5.59. The van der Waals surface area contributed by atoms with Crippen LogP contribution in [-0.4, -0.2) is 96.0 Å². The van der Waals surface area contributed by atoms with Crippen LogP contribution in [0.3, 0.4) is 0 Å². The first kappa shape index (κ1) is 31.3. The van der Waals surface area contributed by atoms with Gasteiger partial charge in [-0.2, -0.15) is 0 Å². The van der Waals surface area contributed by atoms with Gasteiger partial charge in [0.25, 0.3) is 5.91 Å². The Bertz CT molecular complexity index is 1310. The molecule has 3 aliphatic heterocycles. The first-order valence-corrected chi connectivity index (χ1v) is 15.8. The topological polar surface area (TPSA) is 140 Å². The molecule has 0 unspecified atom stereocenters. The second-order valence-corrected chi connectivity index (χ2v) is 11.9. The largest absolute Gasteiger partial charge is 0.508 e. The van der Waals surface area contributed by atoms with Gasteiger partial charge in [-0.1, -0.05) is 24.3 Å². The molecule has 0 aromatic heterocycles. The molecule has 2 aromatic rings. The van der Waals surface area contributed by atoms with Gasteiger partial charge < -0.3 is 35.6 Å². The third kappa shape index (κ3) is 8.28. The summed E-state index contributed by atoms with van der Waals surface area (Å²) in [7, 11) is 0. The number of nitrogens with one attached hydrogen (secondary N) is 3. The second-order valence-electron chi connectivity index (χ2n) is 11.9. The van der Waals surface area contributed by atoms with Crippen LogP contribution in [0.5, 0.6) is 11.5 Å². The second kappa shape index (κ2) is 15.1. The van der Waals surface area contributed by atoms with Crippen molar-refractivity contribution in [2.45, 2.75) is 69.5 Å². The van der Waals surface area contributed by atoms with Crippen molar-refractivity contribution in [1.29, 1.82) is 0 Å². The fourth-order valence-corrected chi connectivity index (χ4v) is 6.22. The van der Waals surface area contributed by atoms with Crippen molar-refractivity contribution in [3.8, 4) is 11.5 Å². The SMILES string of the molecule is O=C1C[C@@H](C(=O)NCCCCN2CCCC2)NC(=O)c2ccccc2OC[C@H]2CCCN2C(=O)[C@H](Cc2ccc(O)cc2)N1. The third-order valence-electron chi connectivity index (χ3n) is 8.64.